The molecule has 0 N–H and O–H groups in total. The van der Waals surface area contributed by atoms with Crippen LogP contribution in [0.5, 0.6) is 0 Å². The Hall–Kier alpha value is -4.35. The van der Waals surface area contributed by atoms with E-state index in [0.717, 1.165) is 33.9 Å². The number of hydrogen-bond acceptors (Lipinski definition) is 4. The Morgan fingerprint density at radius 2 is 1.42 bits per heavy atom. The standard InChI is InChI=1S/C33H23N3OS/c1-35-20-21-16-17-22(19-23(21)32(35)37)36-27-12-5-2-9-24(27)33(31-28(36)13-8-18-34-31)25-10-3-6-14-29(25)38-30-15-7-4-11-26(30)33/h2-19H,20H2,1H3. The zero-order chi connectivity index (χ0) is 25.4. The first kappa shape index (κ1) is 21.7. The summed E-state index contributed by atoms with van der Waals surface area (Å²) in [6.07, 6.45) is 1.90. The van der Waals surface area contributed by atoms with Gasteiger partial charge in [0.25, 0.3) is 5.91 Å². The Bertz CT molecular complexity index is 1700. The van der Waals surface area contributed by atoms with Crippen LogP contribution in [0.3, 0.4) is 0 Å². The lowest BCUT2D eigenvalue weighted by Crippen LogP contribution is -2.40. The molecule has 3 aliphatic heterocycles. The molecule has 4 nitrogen and oxygen atoms in total. The number of anilines is 3. The van der Waals surface area contributed by atoms with E-state index in [4.69, 9.17) is 4.98 Å². The van der Waals surface area contributed by atoms with Gasteiger partial charge in [-0.1, -0.05) is 72.4 Å². The van der Waals surface area contributed by atoms with Crippen molar-refractivity contribution in [1.82, 2.24) is 9.88 Å². The molecule has 0 saturated heterocycles. The van der Waals surface area contributed by atoms with Gasteiger partial charge in [-0.15, -0.1) is 0 Å². The van der Waals surface area contributed by atoms with Crippen LogP contribution in [-0.4, -0.2) is 22.8 Å². The lowest BCUT2D eigenvalue weighted by molar-refractivity contribution is 0.0816. The lowest BCUT2D eigenvalue weighted by Gasteiger charge is -2.47. The average molecular weight is 510 g/mol. The summed E-state index contributed by atoms with van der Waals surface area (Å²) in [6.45, 7) is 0.650. The zero-order valence-corrected chi connectivity index (χ0v) is 21.6. The summed E-state index contributed by atoms with van der Waals surface area (Å²) in [6, 6.07) is 36.6. The molecule has 0 bridgehead atoms. The van der Waals surface area contributed by atoms with Crippen molar-refractivity contribution in [2.75, 3.05) is 11.9 Å². The van der Waals surface area contributed by atoms with Gasteiger partial charge >= 0.3 is 0 Å². The highest BCUT2D eigenvalue weighted by atomic mass is 32.2. The fourth-order valence-corrected chi connectivity index (χ4v) is 7.69. The fraction of sp³-hybridized carbons (Fsp3) is 0.0909. The van der Waals surface area contributed by atoms with Gasteiger partial charge in [-0.25, -0.2) is 0 Å². The minimum absolute atomic E-state index is 0.0715. The first-order valence-electron chi connectivity index (χ1n) is 12.8. The molecule has 5 aromatic rings. The van der Waals surface area contributed by atoms with Crippen molar-refractivity contribution in [3.63, 3.8) is 0 Å². The quantitative estimate of drug-likeness (QED) is 0.233. The number of hydrogen-bond donors (Lipinski definition) is 0. The van der Waals surface area contributed by atoms with E-state index in [-0.39, 0.29) is 5.91 Å². The van der Waals surface area contributed by atoms with Crippen molar-refractivity contribution in [3.05, 3.63) is 143 Å². The van der Waals surface area contributed by atoms with E-state index in [1.807, 2.05) is 37.1 Å². The molecule has 4 aromatic carbocycles. The van der Waals surface area contributed by atoms with Gasteiger partial charge in [-0.3, -0.25) is 9.78 Å². The van der Waals surface area contributed by atoms with Crippen molar-refractivity contribution in [1.29, 1.82) is 0 Å². The number of aromatic nitrogens is 1. The number of amides is 1. The smallest absolute Gasteiger partial charge is 0.254 e. The second-order valence-corrected chi connectivity index (χ2v) is 11.2. The van der Waals surface area contributed by atoms with Gasteiger partial charge in [0, 0.05) is 40.8 Å². The summed E-state index contributed by atoms with van der Waals surface area (Å²) in [5, 5.41) is 0. The molecular weight excluding hydrogens is 486 g/mol. The number of carbonyl (C=O) groups is 1. The molecule has 0 unspecified atom stereocenters. The summed E-state index contributed by atoms with van der Waals surface area (Å²) in [7, 11) is 1.86. The van der Waals surface area contributed by atoms with Gasteiger partial charge in [0.1, 0.15) is 0 Å². The van der Waals surface area contributed by atoms with Crippen molar-refractivity contribution < 1.29 is 4.79 Å². The summed E-state index contributed by atoms with van der Waals surface area (Å²) in [4.78, 5) is 24.6. The molecule has 8 rings (SSSR count). The van der Waals surface area contributed by atoms with E-state index in [1.54, 1.807) is 4.90 Å². The molecule has 1 amide bonds. The summed E-state index contributed by atoms with van der Waals surface area (Å²) < 4.78 is 0. The molecule has 1 aromatic heterocycles. The van der Waals surface area contributed by atoms with Gasteiger partial charge in [0.05, 0.1) is 22.5 Å². The Kier molecular flexibility index (Phi) is 4.47. The molecule has 0 fully saturated rings. The predicted octanol–water partition coefficient (Wildman–Crippen LogP) is 7.30. The lowest BCUT2D eigenvalue weighted by atomic mass is 9.64. The molecule has 1 spiro atoms. The van der Waals surface area contributed by atoms with Crippen LogP contribution >= 0.6 is 11.8 Å². The van der Waals surface area contributed by atoms with Crippen molar-refractivity contribution >= 4 is 34.7 Å². The zero-order valence-electron chi connectivity index (χ0n) is 20.8. The van der Waals surface area contributed by atoms with Crippen LogP contribution in [-0.2, 0) is 12.0 Å². The van der Waals surface area contributed by atoms with Crippen LogP contribution in [0, 0.1) is 0 Å². The molecule has 0 radical (unpaired) electrons. The maximum atomic E-state index is 12.9. The van der Waals surface area contributed by atoms with E-state index >= 15 is 0 Å². The van der Waals surface area contributed by atoms with E-state index in [1.165, 1.54) is 26.5 Å². The third-order valence-corrected chi connectivity index (χ3v) is 9.22. The van der Waals surface area contributed by atoms with Gasteiger partial charge in [0.15, 0.2) is 0 Å². The first-order chi connectivity index (χ1) is 18.7. The molecule has 182 valence electrons. The van der Waals surface area contributed by atoms with Crippen molar-refractivity contribution in [3.8, 4) is 0 Å². The van der Waals surface area contributed by atoms with Gasteiger partial charge in [0.2, 0.25) is 0 Å². The van der Waals surface area contributed by atoms with Gasteiger partial charge < -0.3 is 9.80 Å². The molecule has 0 saturated carbocycles. The first-order valence-corrected chi connectivity index (χ1v) is 13.6. The van der Waals surface area contributed by atoms with Crippen LogP contribution in [0.2, 0.25) is 0 Å². The molecule has 3 aliphatic rings. The van der Waals surface area contributed by atoms with E-state index < -0.39 is 5.41 Å². The third kappa shape index (κ3) is 2.71. The van der Waals surface area contributed by atoms with Crippen LogP contribution < -0.4 is 4.90 Å². The monoisotopic (exact) mass is 509 g/mol. The highest BCUT2D eigenvalue weighted by Gasteiger charge is 2.51. The normalized spacial score (nSPS) is 16.0. The van der Waals surface area contributed by atoms with Crippen LogP contribution in [0.25, 0.3) is 0 Å². The SMILES string of the molecule is CN1Cc2ccc(N3c4ccccc4C4(c5ccccc5Sc5ccccc54)c4ncccc43)cc2C1=O. The Morgan fingerprint density at radius 3 is 2.18 bits per heavy atom. The van der Waals surface area contributed by atoms with E-state index in [9.17, 15) is 4.79 Å². The summed E-state index contributed by atoms with van der Waals surface area (Å²) >= 11 is 1.83. The number of nitrogens with zero attached hydrogens (tertiary/aromatic N) is 3. The Morgan fingerprint density at radius 1 is 0.763 bits per heavy atom. The fourth-order valence-electron chi connectivity index (χ4n) is 6.50. The van der Waals surface area contributed by atoms with Crippen LogP contribution in [0.1, 0.15) is 38.3 Å². The number of rotatable bonds is 1. The number of carbonyl (C=O) groups excluding carboxylic acids is 1. The molecule has 38 heavy (non-hydrogen) atoms. The van der Waals surface area contributed by atoms with Crippen LogP contribution in [0.4, 0.5) is 17.1 Å². The Labute approximate surface area is 225 Å². The molecule has 0 aliphatic carbocycles. The maximum Gasteiger partial charge on any atom is 0.254 e. The number of pyridine rings is 1. The van der Waals surface area contributed by atoms with Crippen LogP contribution in [0.15, 0.2) is 119 Å². The van der Waals surface area contributed by atoms with Gasteiger partial charge in [-0.05, 0) is 64.7 Å². The van der Waals surface area contributed by atoms with Crippen molar-refractivity contribution in [2.45, 2.75) is 21.8 Å². The Balaban J connectivity index is 1.47. The van der Waals surface area contributed by atoms with E-state index in [2.05, 4.69) is 95.9 Å². The topological polar surface area (TPSA) is 36.4 Å². The molecule has 5 heteroatoms. The molecule has 0 atom stereocenters. The number of para-hydroxylation sites is 1. The largest absolute Gasteiger partial charge is 0.337 e. The highest BCUT2D eigenvalue weighted by Crippen LogP contribution is 2.62. The molecular formula is C33H23N3OS. The molecule has 4 heterocycles. The highest BCUT2D eigenvalue weighted by molar-refractivity contribution is 7.99. The third-order valence-electron chi connectivity index (χ3n) is 8.07. The predicted molar refractivity (Wildman–Crippen MR) is 151 cm³/mol. The van der Waals surface area contributed by atoms with E-state index in [0.29, 0.717) is 6.54 Å². The second-order valence-electron chi connectivity index (χ2n) is 10.1. The minimum Gasteiger partial charge on any atom is -0.337 e. The number of fused-ring (bicyclic) bond motifs is 9. The summed E-state index contributed by atoms with van der Waals surface area (Å²) in [5.74, 6) is 0.0715. The second kappa shape index (κ2) is 7.83. The van der Waals surface area contributed by atoms with Crippen molar-refractivity contribution in [2.24, 2.45) is 0 Å². The average Bonchev–Trinajstić information content (AvgIpc) is 3.25. The number of benzene rings is 4. The maximum absolute atomic E-state index is 12.9. The van der Waals surface area contributed by atoms with Gasteiger partial charge in [-0.2, -0.15) is 0 Å². The minimum atomic E-state index is -0.561. The summed E-state index contributed by atoms with van der Waals surface area (Å²) in [5.41, 5.74) is 9.08.